The number of anilines is 1. The molecular formula is C14H20N6O2. The molecule has 8 heteroatoms. The van der Waals surface area contributed by atoms with Crippen LogP contribution in [-0.4, -0.2) is 52.2 Å². The van der Waals surface area contributed by atoms with Gasteiger partial charge in [-0.1, -0.05) is 5.16 Å². The maximum atomic E-state index is 11.8. The highest BCUT2D eigenvalue weighted by atomic mass is 16.5. The molecule has 3 rings (SSSR count). The summed E-state index contributed by atoms with van der Waals surface area (Å²) in [5.41, 5.74) is 0.733. The van der Waals surface area contributed by atoms with E-state index in [0.717, 1.165) is 25.2 Å². The second kappa shape index (κ2) is 5.88. The average molecular weight is 304 g/mol. The maximum absolute atomic E-state index is 11.8. The van der Waals surface area contributed by atoms with Gasteiger partial charge in [0.25, 0.3) is 5.56 Å². The zero-order valence-corrected chi connectivity index (χ0v) is 13.0. The molecule has 0 saturated carbocycles. The van der Waals surface area contributed by atoms with Crippen LogP contribution in [0.25, 0.3) is 0 Å². The zero-order chi connectivity index (χ0) is 15.7. The Balaban J connectivity index is 1.71. The molecule has 0 amide bonds. The van der Waals surface area contributed by atoms with Crippen molar-refractivity contribution >= 4 is 5.95 Å². The number of nitrogens with zero attached hydrogens (tertiary/aromatic N) is 5. The number of aromatic amines is 1. The zero-order valence-electron chi connectivity index (χ0n) is 13.0. The normalized spacial score (nSPS) is 18.8. The molecule has 1 fully saturated rings. The molecule has 8 nitrogen and oxygen atoms in total. The van der Waals surface area contributed by atoms with Crippen LogP contribution in [0.4, 0.5) is 5.95 Å². The van der Waals surface area contributed by atoms with Gasteiger partial charge in [-0.3, -0.25) is 14.7 Å². The predicted molar refractivity (Wildman–Crippen MR) is 80.9 cm³/mol. The van der Waals surface area contributed by atoms with E-state index in [-0.39, 0.29) is 11.5 Å². The second-order valence-corrected chi connectivity index (χ2v) is 5.84. The summed E-state index contributed by atoms with van der Waals surface area (Å²) in [5, 5.41) is 3.80. The highest BCUT2D eigenvalue weighted by Crippen LogP contribution is 2.26. The molecule has 1 atom stereocenters. The molecule has 0 aromatic carbocycles. The van der Waals surface area contributed by atoms with E-state index in [4.69, 9.17) is 4.52 Å². The molecule has 0 radical (unpaired) electrons. The minimum atomic E-state index is -0.111. The van der Waals surface area contributed by atoms with E-state index in [9.17, 15) is 4.79 Å². The molecule has 2 aromatic heterocycles. The summed E-state index contributed by atoms with van der Waals surface area (Å²) in [5.74, 6) is 2.13. The lowest BCUT2D eigenvalue weighted by Gasteiger charge is -2.15. The fourth-order valence-electron chi connectivity index (χ4n) is 2.70. The van der Waals surface area contributed by atoms with Crippen molar-refractivity contribution in [3.05, 3.63) is 33.8 Å². The Morgan fingerprint density at radius 2 is 2.27 bits per heavy atom. The SMILES string of the molecule is Cc1noc(CN2CCC(c3cc(=O)[nH]c(N(C)C)n3)C2)n1. The van der Waals surface area contributed by atoms with Gasteiger partial charge in [0, 0.05) is 32.6 Å². The first-order chi connectivity index (χ1) is 10.5. The number of hydrogen-bond acceptors (Lipinski definition) is 7. The molecule has 2 aromatic rings. The summed E-state index contributed by atoms with van der Waals surface area (Å²) >= 11 is 0. The maximum Gasteiger partial charge on any atom is 0.252 e. The van der Waals surface area contributed by atoms with Gasteiger partial charge >= 0.3 is 0 Å². The molecule has 0 aliphatic carbocycles. The highest BCUT2D eigenvalue weighted by molar-refractivity contribution is 5.28. The van der Waals surface area contributed by atoms with Crippen LogP contribution < -0.4 is 10.5 Å². The highest BCUT2D eigenvalue weighted by Gasteiger charge is 2.27. The summed E-state index contributed by atoms with van der Waals surface area (Å²) in [4.78, 5) is 27.3. The molecular weight excluding hydrogens is 284 g/mol. The third-order valence-electron chi connectivity index (χ3n) is 3.79. The number of rotatable bonds is 4. The third-order valence-corrected chi connectivity index (χ3v) is 3.79. The van der Waals surface area contributed by atoms with Gasteiger partial charge in [-0.15, -0.1) is 0 Å². The Bertz CT molecular complexity index is 707. The van der Waals surface area contributed by atoms with Crippen LogP contribution in [0.1, 0.15) is 29.7 Å². The summed E-state index contributed by atoms with van der Waals surface area (Å²) in [6.45, 7) is 4.21. The summed E-state index contributed by atoms with van der Waals surface area (Å²) in [6, 6.07) is 1.60. The Hall–Kier alpha value is -2.22. The lowest BCUT2D eigenvalue weighted by atomic mass is 10.1. The van der Waals surface area contributed by atoms with Gasteiger partial charge in [0.05, 0.1) is 12.2 Å². The van der Waals surface area contributed by atoms with Crippen molar-refractivity contribution in [3.8, 4) is 0 Å². The molecule has 1 aliphatic heterocycles. The van der Waals surface area contributed by atoms with Gasteiger partial charge in [0.1, 0.15) is 0 Å². The summed E-state index contributed by atoms with van der Waals surface area (Å²) in [6.07, 6.45) is 0.969. The van der Waals surface area contributed by atoms with Gasteiger partial charge in [-0.2, -0.15) is 4.98 Å². The number of hydrogen-bond donors (Lipinski definition) is 1. The molecule has 1 aliphatic rings. The van der Waals surface area contributed by atoms with Crippen molar-refractivity contribution in [1.82, 2.24) is 25.0 Å². The Morgan fingerprint density at radius 1 is 1.45 bits per heavy atom. The van der Waals surface area contributed by atoms with Gasteiger partial charge in [0.2, 0.25) is 11.8 Å². The molecule has 3 heterocycles. The summed E-state index contributed by atoms with van der Waals surface area (Å²) < 4.78 is 5.16. The number of nitrogens with one attached hydrogen (secondary N) is 1. The molecule has 0 spiro atoms. The number of H-pyrrole nitrogens is 1. The van der Waals surface area contributed by atoms with Crippen LogP contribution >= 0.6 is 0 Å². The van der Waals surface area contributed by atoms with Crippen molar-refractivity contribution in [1.29, 1.82) is 0 Å². The van der Waals surface area contributed by atoms with E-state index in [2.05, 4.69) is 25.0 Å². The van der Waals surface area contributed by atoms with Crippen LogP contribution in [0.2, 0.25) is 0 Å². The van der Waals surface area contributed by atoms with E-state index >= 15 is 0 Å². The van der Waals surface area contributed by atoms with Crippen LogP contribution in [0.3, 0.4) is 0 Å². The Labute approximate surface area is 128 Å². The Kier molecular flexibility index (Phi) is 3.93. The first kappa shape index (κ1) is 14.7. The van der Waals surface area contributed by atoms with Gasteiger partial charge in [-0.05, 0) is 19.9 Å². The smallest absolute Gasteiger partial charge is 0.252 e. The molecule has 22 heavy (non-hydrogen) atoms. The van der Waals surface area contributed by atoms with Crippen LogP contribution in [0, 0.1) is 6.92 Å². The van der Waals surface area contributed by atoms with Crippen molar-refractivity contribution < 1.29 is 4.52 Å². The Morgan fingerprint density at radius 3 is 2.95 bits per heavy atom. The largest absolute Gasteiger partial charge is 0.348 e. The average Bonchev–Trinajstić information content (AvgIpc) is 3.08. The van der Waals surface area contributed by atoms with E-state index in [1.807, 2.05) is 21.0 Å². The molecule has 118 valence electrons. The molecule has 1 unspecified atom stereocenters. The molecule has 0 bridgehead atoms. The van der Waals surface area contributed by atoms with E-state index in [1.165, 1.54) is 0 Å². The van der Waals surface area contributed by atoms with Crippen molar-refractivity contribution in [2.24, 2.45) is 0 Å². The minimum Gasteiger partial charge on any atom is -0.348 e. The quantitative estimate of drug-likeness (QED) is 0.880. The van der Waals surface area contributed by atoms with Crippen molar-refractivity contribution in [3.63, 3.8) is 0 Å². The van der Waals surface area contributed by atoms with Gasteiger partial charge < -0.3 is 9.42 Å². The first-order valence-corrected chi connectivity index (χ1v) is 7.31. The third kappa shape index (κ3) is 3.16. The van der Waals surface area contributed by atoms with Gasteiger partial charge in [-0.25, -0.2) is 4.98 Å². The molecule has 1 N–H and O–H groups in total. The number of aromatic nitrogens is 4. The summed E-state index contributed by atoms with van der Waals surface area (Å²) in [7, 11) is 3.72. The molecule has 1 saturated heterocycles. The van der Waals surface area contributed by atoms with Crippen LogP contribution in [-0.2, 0) is 6.54 Å². The van der Waals surface area contributed by atoms with Crippen molar-refractivity contribution in [2.75, 3.05) is 32.1 Å². The number of aryl methyl sites for hydroxylation is 1. The van der Waals surface area contributed by atoms with Gasteiger partial charge in [0.15, 0.2) is 5.82 Å². The monoisotopic (exact) mass is 304 g/mol. The second-order valence-electron chi connectivity index (χ2n) is 5.84. The van der Waals surface area contributed by atoms with E-state index in [1.54, 1.807) is 11.0 Å². The van der Waals surface area contributed by atoms with Crippen LogP contribution in [0.5, 0.6) is 0 Å². The van der Waals surface area contributed by atoms with E-state index < -0.39 is 0 Å². The van der Waals surface area contributed by atoms with Crippen molar-refractivity contribution in [2.45, 2.75) is 25.8 Å². The fourth-order valence-corrected chi connectivity index (χ4v) is 2.70. The fraction of sp³-hybridized carbons (Fsp3) is 0.571. The van der Waals surface area contributed by atoms with E-state index in [0.29, 0.717) is 24.2 Å². The first-order valence-electron chi connectivity index (χ1n) is 7.31. The lowest BCUT2D eigenvalue weighted by molar-refractivity contribution is 0.265. The lowest BCUT2D eigenvalue weighted by Crippen LogP contribution is -2.22. The number of likely N-dealkylation sites (tertiary alicyclic amines) is 1. The topological polar surface area (TPSA) is 91.2 Å². The standard InChI is InChI=1S/C14H20N6O2/c1-9-15-13(22-18-9)8-20-5-4-10(7-20)11-6-12(21)17-14(16-11)19(2)3/h6,10H,4-5,7-8H2,1-3H3,(H,16,17,21). The van der Waals surface area contributed by atoms with Crippen LogP contribution in [0.15, 0.2) is 15.4 Å². The predicted octanol–water partition coefficient (Wildman–Crippen LogP) is 0.517. The minimum absolute atomic E-state index is 0.111.